The number of rotatable bonds is 1. The Morgan fingerprint density at radius 1 is 1.46 bits per heavy atom. The minimum absolute atomic E-state index is 0.0572. The van der Waals surface area contributed by atoms with E-state index in [1.807, 2.05) is 0 Å². The number of aliphatic carboxylic acids is 1. The van der Waals surface area contributed by atoms with Gasteiger partial charge in [0.05, 0.1) is 0 Å². The number of carboxylic acids is 1. The van der Waals surface area contributed by atoms with Crippen molar-refractivity contribution >= 4 is 5.97 Å². The summed E-state index contributed by atoms with van der Waals surface area (Å²) < 4.78 is 13.8. The Balaban J connectivity index is 2.55. The lowest BCUT2D eigenvalue weighted by molar-refractivity contribution is -0.151. The second-order valence-electron chi connectivity index (χ2n) is 3.26. The maximum absolute atomic E-state index is 13.8. The van der Waals surface area contributed by atoms with E-state index in [9.17, 15) is 9.18 Å². The van der Waals surface area contributed by atoms with Gasteiger partial charge in [-0.3, -0.25) is 0 Å². The van der Waals surface area contributed by atoms with Crippen LogP contribution in [0.25, 0.3) is 0 Å². The highest BCUT2D eigenvalue weighted by Crippen LogP contribution is 2.40. The zero-order valence-corrected chi connectivity index (χ0v) is 6.96. The van der Waals surface area contributed by atoms with E-state index < -0.39 is 11.6 Å². The van der Waals surface area contributed by atoms with E-state index in [1.165, 1.54) is 0 Å². The van der Waals surface area contributed by atoms with Gasteiger partial charge in [-0.1, -0.05) is 24.3 Å². The average Bonchev–Trinajstić information content (AvgIpc) is 2.47. The normalized spacial score (nSPS) is 25.6. The van der Waals surface area contributed by atoms with E-state index >= 15 is 0 Å². The molecule has 1 aromatic carbocycles. The molecule has 1 aliphatic rings. The van der Waals surface area contributed by atoms with Crippen LogP contribution in [-0.4, -0.2) is 11.1 Å². The lowest BCUT2D eigenvalue weighted by Gasteiger charge is -2.14. The van der Waals surface area contributed by atoms with Gasteiger partial charge in [-0.05, 0) is 12.0 Å². The van der Waals surface area contributed by atoms with Crippen LogP contribution in [0.3, 0.4) is 0 Å². The van der Waals surface area contributed by atoms with Crippen molar-refractivity contribution in [2.75, 3.05) is 0 Å². The van der Waals surface area contributed by atoms with Gasteiger partial charge in [0.1, 0.15) is 0 Å². The Morgan fingerprint density at radius 3 is 2.85 bits per heavy atom. The predicted octanol–water partition coefficient (Wildman–Crippen LogP) is 1.88. The summed E-state index contributed by atoms with van der Waals surface area (Å²) in [6, 6.07) is 6.80. The second-order valence-corrected chi connectivity index (χ2v) is 3.26. The number of fused-ring (bicyclic) bond motifs is 1. The van der Waals surface area contributed by atoms with Crippen LogP contribution in [0.2, 0.25) is 0 Å². The number of carbonyl (C=O) groups is 1. The van der Waals surface area contributed by atoms with Crippen LogP contribution in [0, 0.1) is 0 Å². The molecule has 0 amide bonds. The highest BCUT2D eigenvalue weighted by Gasteiger charge is 2.45. The summed E-state index contributed by atoms with van der Waals surface area (Å²) in [5.74, 6) is -1.38. The summed E-state index contributed by atoms with van der Waals surface area (Å²) in [6.45, 7) is 0. The molecule has 2 nitrogen and oxygen atoms in total. The first-order chi connectivity index (χ1) is 6.14. The second kappa shape index (κ2) is 2.55. The maximum Gasteiger partial charge on any atom is 0.346 e. The molecule has 0 fully saturated rings. The van der Waals surface area contributed by atoms with Crippen LogP contribution in [-0.2, 0) is 16.9 Å². The molecular weight excluding hydrogens is 171 g/mol. The first-order valence-corrected chi connectivity index (χ1v) is 4.15. The zero-order chi connectivity index (χ0) is 9.47. The number of benzene rings is 1. The summed E-state index contributed by atoms with van der Waals surface area (Å²) >= 11 is 0. The number of hydrogen-bond donors (Lipinski definition) is 1. The molecule has 1 aliphatic carbocycles. The van der Waals surface area contributed by atoms with Gasteiger partial charge in [0.15, 0.2) is 0 Å². The Kier molecular flexibility index (Phi) is 1.62. The first kappa shape index (κ1) is 8.23. The van der Waals surface area contributed by atoms with Gasteiger partial charge in [0, 0.05) is 12.0 Å². The smallest absolute Gasteiger partial charge is 0.346 e. The Morgan fingerprint density at radius 2 is 2.15 bits per heavy atom. The summed E-state index contributed by atoms with van der Waals surface area (Å²) in [5, 5.41) is 8.74. The van der Waals surface area contributed by atoms with Crippen LogP contribution in [0.1, 0.15) is 17.5 Å². The van der Waals surface area contributed by atoms with Crippen molar-refractivity contribution in [1.82, 2.24) is 0 Å². The van der Waals surface area contributed by atoms with E-state index in [2.05, 4.69) is 0 Å². The van der Waals surface area contributed by atoms with Crippen LogP contribution in [0.4, 0.5) is 4.39 Å². The minimum atomic E-state index is -2.16. The number of alkyl halides is 1. The summed E-state index contributed by atoms with van der Waals surface area (Å²) in [7, 11) is 0. The Hall–Kier alpha value is -1.38. The van der Waals surface area contributed by atoms with Gasteiger partial charge in [0.2, 0.25) is 5.67 Å². The molecular formula is C10H9FO2. The largest absolute Gasteiger partial charge is 0.479 e. The molecule has 0 bridgehead atoms. The van der Waals surface area contributed by atoms with Crippen LogP contribution in [0.5, 0.6) is 0 Å². The van der Waals surface area contributed by atoms with Gasteiger partial charge in [-0.25, -0.2) is 9.18 Å². The van der Waals surface area contributed by atoms with Crippen molar-refractivity contribution in [3.63, 3.8) is 0 Å². The third-order valence-electron chi connectivity index (χ3n) is 2.52. The van der Waals surface area contributed by atoms with E-state index in [-0.39, 0.29) is 6.42 Å². The fourth-order valence-electron chi connectivity index (χ4n) is 1.79. The van der Waals surface area contributed by atoms with Crippen molar-refractivity contribution < 1.29 is 14.3 Å². The van der Waals surface area contributed by atoms with Gasteiger partial charge in [-0.2, -0.15) is 0 Å². The predicted molar refractivity (Wildman–Crippen MR) is 45.2 cm³/mol. The molecule has 2 rings (SSSR count). The van der Waals surface area contributed by atoms with Crippen LogP contribution >= 0.6 is 0 Å². The standard InChI is InChI=1S/C10H9FO2/c11-10(9(12)13)6-5-7-3-1-2-4-8(7)10/h1-4H,5-6H2,(H,12,13). The summed E-state index contributed by atoms with van der Waals surface area (Å²) in [6.07, 6.45) is 0.570. The molecule has 0 saturated carbocycles. The molecule has 0 spiro atoms. The van der Waals surface area contributed by atoms with Crippen molar-refractivity contribution in [3.8, 4) is 0 Å². The lowest BCUT2D eigenvalue weighted by Crippen LogP contribution is -2.27. The van der Waals surface area contributed by atoms with Gasteiger partial charge >= 0.3 is 5.97 Å². The highest BCUT2D eigenvalue weighted by molar-refractivity contribution is 5.81. The molecule has 1 N–H and O–H groups in total. The molecule has 0 radical (unpaired) electrons. The van der Waals surface area contributed by atoms with Crippen LogP contribution in [0.15, 0.2) is 24.3 Å². The van der Waals surface area contributed by atoms with Crippen LogP contribution < -0.4 is 0 Å². The average molecular weight is 180 g/mol. The molecule has 0 heterocycles. The number of carboxylic acid groups (broad SMARTS) is 1. The Bertz CT molecular complexity index is 362. The Labute approximate surface area is 75.0 Å². The number of aryl methyl sites for hydroxylation is 1. The lowest BCUT2D eigenvalue weighted by atomic mass is 9.98. The molecule has 3 heteroatoms. The van der Waals surface area contributed by atoms with E-state index in [1.54, 1.807) is 24.3 Å². The molecule has 1 atom stereocenters. The fraction of sp³-hybridized carbons (Fsp3) is 0.300. The van der Waals surface area contributed by atoms with Gasteiger partial charge in [-0.15, -0.1) is 0 Å². The molecule has 0 saturated heterocycles. The topological polar surface area (TPSA) is 37.3 Å². The third kappa shape index (κ3) is 1.03. The monoisotopic (exact) mass is 180 g/mol. The SMILES string of the molecule is O=C(O)C1(F)CCc2ccccc21. The first-order valence-electron chi connectivity index (χ1n) is 4.15. The molecule has 13 heavy (non-hydrogen) atoms. The van der Waals surface area contributed by atoms with Crippen molar-refractivity contribution in [1.29, 1.82) is 0 Å². The number of hydrogen-bond acceptors (Lipinski definition) is 1. The van der Waals surface area contributed by atoms with Gasteiger partial charge in [0.25, 0.3) is 0 Å². The molecule has 0 aromatic heterocycles. The van der Waals surface area contributed by atoms with Crippen molar-refractivity contribution in [3.05, 3.63) is 35.4 Å². The molecule has 0 aliphatic heterocycles. The third-order valence-corrected chi connectivity index (χ3v) is 2.52. The molecule has 68 valence electrons. The summed E-state index contributed by atoms with van der Waals surface area (Å²) in [5.41, 5.74) is -1.02. The highest BCUT2D eigenvalue weighted by atomic mass is 19.1. The van der Waals surface area contributed by atoms with E-state index in [0.717, 1.165) is 5.56 Å². The van der Waals surface area contributed by atoms with Crippen molar-refractivity contribution in [2.24, 2.45) is 0 Å². The zero-order valence-electron chi connectivity index (χ0n) is 6.96. The minimum Gasteiger partial charge on any atom is -0.479 e. The van der Waals surface area contributed by atoms with E-state index in [4.69, 9.17) is 5.11 Å². The molecule has 1 aromatic rings. The number of halogens is 1. The van der Waals surface area contributed by atoms with Crippen molar-refractivity contribution in [2.45, 2.75) is 18.5 Å². The fourth-order valence-corrected chi connectivity index (χ4v) is 1.79. The quantitative estimate of drug-likeness (QED) is 0.716. The summed E-state index contributed by atoms with van der Waals surface area (Å²) in [4.78, 5) is 10.7. The maximum atomic E-state index is 13.8. The van der Waals surface area contributed by atoms with E-state index in [0.29, 0.717) is 12.0 Å². The van der Waals surface area contributed by atoms with Gasteiger partial charge < -0.3 is 5.11 Å². The molecule has 1 unspecified atom stereocenters.